The van der Waals surface area contributed by atoms with Crippen molar-refractivity contribution >= 4 is 34.8 Å². The number of phenols is 1. The van der Waals surface area contributed by atoms with Crippen LogP contribution in [0.2, 0.25) is 10.0 Å². The van der Waals surface area contributed by atoms with E-state index < -0.39 is 5.60 Å². The topological polar surface area (TPSA) is 94.1 Å². The number of likely N-dealkylation sites (tertiary alicyclic amines) is 1. The number of carbonyl (C=O) groups is 1. The third kappa shape index (κ3) is 8.05. The molecule has 4 N–H and O–H groups in total. The van der Waals surface area contributed by atoms with Crippen LogP contribution in [0.3, 0.4) is 0 Å². The number of benzene rings is 2. The molecule has 0 radical (unpaired) electrons. The van der Waals surface area contributed by atoms with Gasteiger partial charge in [-0.3, -0.25) is 9.69 Å². The summed E-state index contributed by atoms with van der Waals surface area (Å²) in [5, 5.41) is 27.6. The molecule has 33 heavy (non-hydrogen) atoms. The Bertz CT molecular complexity index is 945. The van der Waals surface area contributed by atoms with Crippen LogP contribution in [0.25, 0.3) is 0 Å². The monoisotopic (exact) mass is 495 g/mol. The van der Waals surface area contributed by atoms with Crippen molar-refractivity contribution in [3.05, 3.63) is 52.0 Å². The normalized spacial score (nSPS) is 16.9. The van der Waals surface area contributed by atoms with Crippen LogP contribution in [0.5, 0.6) is 11.5 Å². The number of carbonyl (C=O) groups excluding carboxylic acids is 1. The van der Waals surface area contributed by atoms with Crippen molar-refractivity contribution in [1.29, 1.82) is 0 Å². The molecule has 1 amide bonds. The number of ether oxygens (including phenoxy) is 1. The van der Waals surface area contributed by atoms with Gasteiger partial charge in [0.05, 0.1) is 10.7 Å². The Morgan fingerprint density at radius 3 is 2.52 bits per heavy atom. The SMILES string of the molecule is CC(=O)Nc1cc(Cl)c(O)cc1OCC(C)(O)CNC1CCN(Cc2ccc(Cl)cc2)CC1. The van der Waals surface area contributed by atoms with E-state index in [1.165, 1.54) is 24.6 Å². The Kier molecular flexibility index (Phi) is 8.84. The van der Waals surface area contributed by atoms with Crippen molar-refractivity contribution < 1.29 is 19.7 Å². The molecule has 1 aliphatic heterocycles. The molecule has 1 atom stereocenters. The zero-order chi connectivity index (χ0) is 24.0. The van der Waals surface area contributed by atoms with Crippen molar-refractivity contribution in [3.63, 3.8) is 0 Å². The molecule has 0 spiro atoms. The zero-order valence-corrected chi connectivity index (χ0v) is 20.4. The lowest BCUT2D eigenvalue weighted by atomic mass is 10.0. The second-order valence-electron chi connectivity index (χ2n) is 8.82. The molecule has 2 aromatic carbocycles. The van der Waals surface area contributed by atoms with Crippen LogP contribution in [0.1, 0.15) is 32.3 Å². The van der Waals surface area contributed by atoms with Gasteiger partial charge in [0.25, 0.3) is 0 Å². The lowest BCUT2D eigenvalue weighted by molar-refractivity contribution is -0.114. The number of rotatable bonds is 9. The summed E-state index contributed by atoms with van der Waals surface area (Å²) in [6.45, 7) is 6.23. The first kappa shape index (κ1) is 25.6. The standard InChI is InChI=1S/C24H31Cl2N3O4/c1-16(30)28-21-11-20(26)22(31)12-23(21)33-15-24(2,32)14-27-19-7-9-29(10-8-19)13-17-3-5-18(25)6-4-17/h3-6,11-12,19,27,31-32H,7-10,13-15H2,1-2H3,(H,28,30). The van der Waals surface area contributed by atoms with E-state index in [0.717, 1.165) is 37.5 Å². The van der Waals surface area contributed by atoms with E-state index in [2.05, 4.69) is 27.7 Å². The molecule has 0 aliphatic carbocycles. The van der Waals surface area contributed by atoms with Crippen LogP contribution in [0.4, 0.5) is 5.69 Å². The van der Waals surface area contributed by atoms with Gasteiger partial charge in [0.15, 0.2) is 0 Å². The molecular formula is C24H31Cl2N3O4. The van der Waals surface area contributed by atoms with E-state index in [0.29, 0.717) is 18.3 Å². The molecule has 9 heteroatoms. The second-order valence-corrected chi connectivity index (χ2v) is 9.67. The van der Waals surface area contributed by atoms with Crippen molar-refractivity contribution in [2.75, 3.05) is 31.6 Å². The Labute approximate surface area is 204 Å². The first-order valence-electron chi connectivity index (χ1n) is 11.0. The number of nitrogens with zero attached hydrogens (tertiary/aromatic N) is 1. The number of phenolic OH excluding ortho intramolecular Hbond substituents is 1. The lowest BCUT2D eigenvalue weighted by Crippen LogP contribution is -2.49. The van der Waals surface area contributed by atoms with Gasteiger partial charge in [-0.05, 0) is 56.6 Å². The van der Waals surface area contributed by atoms with E-state index >= 15 is 0 Å². The first-order valence-corrected chi connectivity index (χ1v) is 11.7. The maximum absolute atomic E-state index is 11.4. The fraction of sp³-hybridized carbons (Fsp3) is 0.458. The maximum atomic E-state index is 11.4. The van der Waals surface area contributed by atoms with Crippen LogP contribution < -0.4 is 15.4 Å². The van der Waals surface area contributed by atoms with E-state index in [1.807, 2.05) is 12.1 Å². The fourth-order valence-electron chi connectivity index (χ4n) is 3.74. The minimum Gasteiger partial charge on any atom is -0.506 e. The van der Waals surface area contributed by atoms with Crippen molar-refractivity contribution in [3.8, 4) is 11.5 Å². The average molecular weight is 496 g/mol. The number of anilines is 1. The molecule has 0 aromatic heterocycles. The minimum absolute atomic E-state index is 0.0247. The van der Waals surface area contributed by atoms with Crippen LogP contribution in [0, 0.1) is 0 Å². The van der Waals surface area contributed by atoms with Gasteiger partial charge in [0.2, 0.25) is 5.91 Å². The Morgan fingerprint density at radius 1 is 1.21 bits per heavy atom. The smallest absolute Gasteiger partial charge is 0.221 e. The highest BCUT2D eigenvalue weighted by atomic mass is 35.5. The predicted molar refractivity (Wildman–Crippen MR) is 131 cm³/mol. The van der Waals surface area contributed by atoms with Crippen molar-refractivity contribution in [2.24, 2.45) is 0 Å². The first-order chi connectivity index (χ1) is 15.6. The highest BCUT2D eigenvalue weighted by molar-refractivity contribution is 6.32. The average Bonchev–Trinajstić information content (AvgIpc) is 2.76. The number of nitrogens with one attached hydrogen (secondary N) is 2. The molecule has 0 saturated carbocycles. The predicted octanol–water partition coefficient (Wildman–Crippen LogP) is 4.04. The number of aliphatic hydroxyl groups is 1. The van der Waals surface area contributed by atoms with E-state index in [4.69, 9.17) is 27.9 Å². The van der Waals surface area contributed by atoms with Gasteiger partial charge < -0.3 is 25.6 Å². The number of amides is 1. The largest absolute Gasteiger partial charge is 0.506 e. The summed E-state index contributed by atoms with van der Waals surface area (Å²) in [6.07, 6.45) is 1.98. The Morgan fingerprint density at radius 2 is 1.88 bits per heavy atom. The van der Waals surface area contributed by atoms with Gasteiger partial charge in [-0.25, -0.2) is 0 Å². The summed E-state index contributed by atoms with van der Waals surface area (Å²) in [5.74, 6) is -0.218. The van der Waals surface area contributed by atoms with Gasteiger partial charge in [-0.2, -0.15) is 0 Å². The second kappa shape index (κ2) is 11.4. The summed E-state index contributed by atoms with van der Waals surface area (Å²) < 4.78 is 5.73. The molecule has 1 unspecified atom stereocenters. The number of halogens is 2. The fourth-order valence-corrected chi connectivity index (χ4v) is 4.03. The third-order valence-electron chi connectivity index (χ3n) is 5.58. The van der Waals surface area contributed by atoms with E-state index in [9.17, 15) is 15.0 Å². The summed E-state index contributed by atoms with van der Waals surface area (Å²) >= 11 is 11.9. The van der Waals surface area contributed by atoms with Gasteiger partial charge in [-0.1, -0.05) is 35.3 Å². The van der Waals surface area contributed by atoms with Crippen molar-refractivity contribution in [2.45, 2.75) is 44.9 Å². The van der Waals surface area contributed by atoms with Crippen LogP contribution >= 0.6 is 23.2 Å². The highest BCUT2D eigenvalue weighted by Crippen LogP contribution is 2.35. The third-order valence-corrected chi connectivity index (χ3v) is 6.13. The summed E-state index contributed by atoms with van der Waals surface area (Å²) in [6, 6.07) is 11.0. The lowest BCUT2D eigenvalue weighted by Gasteiger charge is -2.34. The maximum Gasteiger partial charge on any atom is 0.221 e. The number of piperidine rings is 1. The molecule has 1 fully saturated rings. The number of aromatic hydroxyl groups is 1. The minimum atomic E-state index is -1.15. The van der Waals surface area contributed by atoms with Gasteiger partial charge in [0.1, 0.15) is 23.7 Å². The Hall–Kier alpha value is -2.03. The molecule has 1 saturated heterocycles. The van der Waals surface area contributed by atoms with E-state index in [-0.39, 0.29) is 29.0 Å². The number of hydrogen-bond acceptors (Lipinski definition) is 6. The molecule has 1 aliphatic rings. The van der Waals surface area contributed by atoms with Gasteiger partial charge in [0, 0.05) is 37.1 Å². The van der Waals surface area contributed by atoms with Crippen LogP contribution in [-0.4, -0.2) is 58.9 Å². The van der Waals surface area contributed by atoms with Crippen molar-refractivity contribution in [1.82, 2.24) is 10.2 Å². The van der Waals surface area contributed by atoms with E-state index in [1.54, 1.807) is 6.92 Å². The molecule has 180 valence electrons. The molecule has 7 nitrogen and oxygen atoms in total. The summed E-state index contributed by atoms with van der Waals surface area (Å²) in [5.41, 5.74) is 0.434. The van der Waals surface area contributed by atoms with Crippen LogP contribution in [-0.2, 0) is 11.3 Å². The zero-order valence-electron chi connectivity index (χ0n) is 18.9. The molecular weight excluding hydrogens is 465 g/mol. The molecule has 0 bridgehead atoms. The molecule has 1 heterocycles. The van der Waals surface area contributed by atoms with Gasteiger partial charge in [-0.15, -0.1) is 0 Å². The van der Waals surface area contributed by atoms with Crippen LogP contribution in [0.15, 0.2) is 36.4 Å². The summed E-state index contributed by atoms with van der Waals surface area (Å²) in [7, 11) is 0. The number of hydrogen-bond donors (Lipinski definition) is 4. The Balaban J connectivity index is 1.45. The highest BCUT2D eigenvalue weighted by Gasteiger charge is 2.26. The van der Waals surface area contributed by atoms with Gasteiger partial charge >= 0.3 is 0 Å². The summed E-state index contributed by atoms with van der Waals surface area (Å²) in [4.78, 5) is 13.9. The molecule has 2 aromatic rings. The molecule has 3 rings (SSSR count). The quantitative estimate of drug-likeness (QED) is 0.392.